The van der Waals surface area contributed by atoms with Gasteiger partial charge in [-0.25, -0.2) is 0 Å². The molecule has 0 aliphatic carbocycles. The molecular weight excluding hydrogens is 264 g/mol. The maximum Gasteiger partial charge on any atom is 0.147 e. The van der Waals surface area contributed by atoms with Crippen LogP contribution in [0.1, 0.15) is 24.3 Å². The highest BCUT2D eigenvalue weighted by molar-refractivity contribution is 5.87. The molecule has 1 aromatic rings. The number of nitrogens with two attached hydrogens (primary N) is 1. The van der Waals surface area contributed by atoms with E-state index in [0.29, 0.717) is 6.04 Å². The molecule has 21 heavy (non-hydrogen) atoms. The number of piperidine rings is 1. The Bertz CT molecular complexity index is 461. The molecule has 0 amide bonds. The predicted octanol–water partition coefficient (Wildman–Crippen LogP) is 1.54. The van der Waals surface area contributed by atoms with Gasteiger partial charge in [-0.05, 0) is 39.0 Å². The Hall–Kier alpha value is -1.59. The van der Waals surface area contributed by atoms with Crippen molar-refractivity contribution in [1.29, 1.82) is 0 Å². The van der Waals surface area contributed by atoms with Crippen molar-refractivity contribution in [2.24, 2.45) is 10.9 Å². The van der Waals surface area contributed by atoms with E-state index in [1.165, 1.54) is 12.8 Å². The molecule has 1 aliphatic heterocycles. The monoisotopic (exact) mass is 290 g/mol. The van der Waals surface area contributed by atoms with Gasteiger partial charge in [0.05, 0.1) is 5.92 Å². The van der Waals surface area contributed by atoms with E-state index in [4.69, 9.17) is 10.9 Å². The third-order valence-electron chi connectivity index (χ3n) is 4.33. The Labute approximate surface area is 127 Å². The second-order valence-corrected chi connectivity index (χ2v) is 6.01. The Morgan fingerprint density at radius 1 is 1.43 bits per heavy atom. The van der Waals surface area contributed by atoms with Gasteiger partial charge in [0.1, 0.15) is 5.84 Å². The molecule has 116 valence electrons. The van der Waals surface area contributed by atoms with E-state index in [1.807, 2.05) is 30.3 Å². The minimum absolute atomic E-state index is 0.0582. The Balaban J connectivity index is 2.09. The third-order valence-corrected chi connectivity index (χ3v) is 4.33. The van der Waals surface area contributed by atoms with Crippen LogP contribution < -0.4 is 5.73 Å². The van der Waals surface area contributed by atoms with Crippen molar-refractivity contribution in [3.05, 3.63) is 35.9 Å². The third kappa shape index (κ3) is 4.19. The summed E-state index contributed by atoms with van der Waals surface area (Å²) in [5, 5.41) is 12.3. The maximum absolute atomic E-state index is 9.07. The van der Waals surface area contributed by atoms with Crippen molar-refractivity contribution in [3.8, 4) is 0 Å². The summed E-state index contributed by atoms with van der Waals surface area (Å²) in [6.45, 7) is 2.91. The van der Waals surface area contributed by atoms with Crippen LogP contribution in [0.4, 0.5) is 0 Å². The lowest BCUT2D eigenvalue weighted by molar-refractivity contribution is 0.132. The summed E-state index contributed by atoms with van der Waals surface area (Å²) in [4.78, 5) is 4.71. The summed E-state index contributed by atoms with van der Waals surface area (Å²) >= 11 is 0. The predicted molar refractivity (Wildman–Crippen MR) is 85.7 cm³/mol. The lowest BCUT2D eigenvalue weighted by Gasteiger charge is -2.37. The van der Waals surface area contributed by atoms with Crippen LogP contribution in [-0.4, -0.2) is 60.6 Å². The van der Waals surface area contributed by atoms with Gasteiger partial charge in [-0.1, -0.05) is 35.5 Å². The first-order chi connectivity index (χ1) is 10.1. The molecule has 0 bridgehead atoms. The van der Waals surface area contributed by atoms with E-state index >= 15 is 0 Å². The number of hydrogen-bond donors (Lipinski definition) is 2. The van der Waals surface area contributed by atoms with Gasteiger partial charge in [-0.3, -0.25) is 0 Å². The van der Waals surface area contributed by atoms with E-state index in [9.17, 15) is 0 Å². The number of likely N-dealkylation sites (N-methyl/N-ethyl adjacent to an activating group) is 1. The summed E-state index contributed by atoms with van der Waals surface area (Å²) in [5.74, 6) is 0.227. The second kappa shape index (κ2) is 7.43. The molecular formula is C16H26N4O. The van der Waals surface area contributed by atoms with E-state index in [2.05, 4.69) is 29.1 Å². The summed E-state index contributed by atoms with van der Waals surface area (Å²) in [6, 6.07) is 10.6. The van der Waals surface area contributed by atoms with Crippen LogP contribution in [0.2, 0.25) is 0 Å². The lowest BCUT2D eigenvalue weighted by Crippen LogP contribution is -2.47. The first kappa shape index (κ1) is 15.8. The van der Waals surface area contributed by atoms with Crippen molar-refractivity contribution in [1.82, 2.24) is 9.80 Å². The largest absolute Gasteiger partial charge is 0.409 e. The number of nitrogens with zero attached hydrogens (tertiary/aromatic N) is 3. The van der Waals surface area contributed by atoms with Crippen molar-refractivity contribution in [3.63, 3.8) is 0 Å². The fourth-order valence-corrected chi connectivity index (χ4v) is 3.00. The number of likely N-dealkylation sites (tertiary alicyclic amines) is 1. The Morgan fingerprint density at radius 3 is 2.76 bits per heavy atom. The van der Waals surface area contributed by atoms with Crippen molar-refractivity contribution < 1.29 is 5.21 Å². The van der Waals surface area contributed by atoms with Gasteiger partial charge in [0.15, 0.2) is 0 Å². The normalized spacial score (nSPS) is 22.4. The molecule has 1 fully saturated rings. The zero-order valence-electron chi connectivity index (χ0n) is 12.9. The average molecular weight is 290 g/mol. The SMILES string of the molecule is CN(C)C1CCCN(CC(C(N)=NO)c2ccccc2)C1. The average Bonchev–Trinajstić information content (AvgIpc) is 2.53. The summed E-state index contributed by atoms with van der Waals surface area (Å²) in [5.41, 5.74) is 7.02. The molecule has 1 heterocycles. The highest BCUT2D eigenvalue weighted by Gasteiger charge is 2.26. The number of oxime groups is 1. The Morgan fingerprint density at radius 2 is 2.14 bits per heavy atom. The van der Waals surface area contributed by atoms with Gasteiger partial charge < -0.3 is 20.7 Å². The number of hydrogen-bond acceptors (Lipinski definition) is 4. The van der Waals surface area contributed by atoms with Gasteiger partial charge >= 0.3 is 0 Å². The highest BCUT2D eigenvalue weighted by atomic mass is 16.4. The van der Waals surface area contributed by atoms with Crippen LogP contribution >= 0.6 is 0 Å². The standard InChI is InChI=1S/C16H26N4O/c1-19(2)14-9-6-10-20(11-14)12-15(16(17)18-21)13-7-4-3-5-8-13/h3-5,7-8,14-15,21H,6,9-12H2,1-2H3,(H2,17,18). The summed E-state index contributed by atoms with van der Waals surface area (Å²) < 4.78 is 0. The van der Waals surface area contributed by atoms with E-state index in [1.54, 1.807) is 0 Å². The molecule has 0 aromatic heterocycles. The molecule has 1 aromatic carbocycles. The fourth-order valence-electron chi connectivity index (χ4n) is 3.00. The summed E-state index contributed by atoms with van der Waals surface area (Å²) in [6.07, 6.45) is 2.43. The minimum Gasteiger partial charge on any atom is -0.409 e. The quantitative estimate of drug-likeness (QED) is 0.374. The molecule has 2 rings (SSSR count). The smallest absolute Gasteiger partial charge is 0.147 e. The van der Waals surface area contributed by atoms with Crippen LogP contribution in [0.25, 0.3) is 0 Å². The molecule has 2 unspecified atom stereocenters. The molecule has 0 radical (unpaired) electrons. The van der Waals surface area contributed by atoms with Gasteiger partial charge in [0.25, 0.3) is 0 Å². The minimum atomic E-state index is -0.0582. The molecule has 2 atom stereocenters. The molecule has 0 spiro atoms. The van der Waals surface area contributed by atoms with E-state index < -0.39 is 0 Å². The fraction of sp³-hybridized carbons (Fsp3) is 0.562. The Kier molecular flexibility index (Phi) is 5.59. The molecule has 1 aliphatic rings. The van der Waals surface area contributed by atoms with E-state index in [0.717, 1.165) is 25.2 Å². The van der Waals surface area contributed by atoms with Crippen LogP contribution in [0, 0.1) is 0 Å². The first-order valence-corrected chi connectivity index (χ1v) is 7.53. The van der Waals surface area contributed by atoms with Crippen LogP contribution in [0.3, 0.4) is 0 Å². The highest BCUT2D eigenvalue weighted by Crippen LogP contribution is 2.21. The van der Waals surface area contributed by atoms with Gasteiger partial charge in [-0.2, -0.15) is 0 Å². The molecule has 5 nitrogen and oxygen atoms in total. The number of amidine groups is 1. The maximum atomic E-state index is 9.07. The van der Waals surface area contributed by atoms with Gasteiger partial charge in [-0.15, -0.1) is 0 Å². The lowest BCUT2D eigenvalue weighted by atomic mass is 9.95. The van der Waals surface area contributed by atoms with Crippen LogP contribution in [-0.2, 0) is 0 Å². The molecule has 0 saturated carbocycles. The topological polar surface area (TPSA) is 65.1 Å². The second-order valence-electron chi connectivity index (χ2n) is 6.01. The van der Waals surface area contributed by atoms with Gasteiger partial charge in [0.2, 0.25) is 0 Å². The molecule has 5 heteroatoms. The zero-order valence-corrected chi connectivity index (χ0v) is 12.9. The molecule has 1 saturated heterocycles. The van der Waals surface area contributed by atoms with Crippen molar-refractivity contribution in [2.45, 2.75) is 24.8 Å². The van der Waals surface area contributed by atoms with Crippen LogP contribution in [0.15, 0.2) is 35.5 Å². The zero-order chi connectivity index (χ0) is 15.2. The number of rotatable bonds is 5. The van der Waals surface area contributed by atoms with Crippen molar-refractivity contribution in [2.75, 3.05) is 33.7 Å². The first-order valence-electron chi connectivity index (χ1n) is 7.53. The van der Waals surface area contributed by atoms with Crippen molar-refractivity contribution >= 4 is 5.84 Å². The number of benzene rings is 1. The van der Waals surface area contributed by atoms with Crippen LogP contribution in [0.5, 0.6) is 0 Å². The van der Waals surface area contributed by atoms with Gasteiger partial charge in [0, 0.05) is 19.1 Å². The van der Waals surface area contributed by atoms with E-state index in [-0.39, 0.29) is 11.8 Å². The molecule has 3 N–H and O–H groups in total. The summed E-state index contributed by atoms with van der Waals surface area (Å²) in [7, 11) is 4.26.